The average molecular weight is 215 g/mol. The maximum absolute atomic E-state index is 6.13. The van der Waals surface area contributed by atoms with Gasteiger partial charge < -0.3 is 4.74 Å². The van der Waals surface area contributed by atoms with Crippen LogP contribution in [-0.2, 0) is 4.74 Å². The van der Waals surface area contributed by atoms with Crippen LogP contribution in [0.5, 0.6) is 0 Å². The van der Waals surface area contributed by atoms with Crippen LogP contribution in [0.15, 0.2) is 0 Å². The Balaban J connectivity index is 2.69. The fourth-order valence-electron chi connectivity index (χ4n) is 2.64. The predicted octanol–water partition coefficient (Wildman–Crippen LogP) is 2.25. The first-order chi connectivity index (χ1) is 6.63. The quantitative estimate of drug-likeness (QED) is 0.667. The molecule has 0 spiro atoms. The van der Waals surface area contributed by atoms with E-state index in [0.29, 0.717) is 0 Å². The van der Waals surface area contributed by atoms with Gasteiger partial charge in [0.05, 0.1) is 8.80 Å². The zero-order valence-corrected chi connectivity index (χ0v) is 11.3. The van der Waals surface area contributed by atoms with E-state index >= 15 is 0 Å². The van der Waals surface area contributed by atoms with Gasteiger partial charge in [0.1, 0.15) is 5.35 Å². The van der Waals surface area contributed by atoms with E-state index in [9.17, 15) is 0 Å². The van der Waals surface area contributed by atoms with Gasteiger partial charge in [0, 0.05) is 6.61 Å². The van der Waals surface area contributed by atoms with Crippen molar-refractivity contribution in [3.05, 3.63) is 0 Å². The van der Waals surface area contributed by atoms with Crippen molar-refractivity contribution >= 4 is 8.80 Å². The molecule has 0 N–H and O–H groups in total. The zero-order chi connectivity index (χ0) is 10.6. The standard InChI is InChI=1S/C11H25NOSi/c1-5-10-14(4)11(12(2)3)8-6-7-9-13-11/h14H,5-10H2,1-4H3. The SMILES string of the molecule is CCC[SiH](C)C1(N(C)C)CCCCO1. The van der Waals surface area contributed by atoms with Gasteiger partial charge in [-0.3, -0.25) is 4.90 Å². The molecule has 0 amide bonds. The summed E-state index contributed by atoms with van der Waals surface area (Å²) in [5, 5.41) is 0.161. The van der Waals surface area contributed by atoms with E-state index in [4.69, 9.17) is 4.74 Å². The van der Waals surface area contributed by atoms with Crippen molar-refractivity contribution < 1.29 is 4.74 Å². The molecule has 0 aliphatic carbocycles. The van der Waals surface area contributed by atoms with Gasteiger partial charge in [-0.1, -0.05) is 25.9 Å². The Labute approximate surface area is 90.2 Å². The highest BCUT2D eigenvalue weighted by Crippen LogP contribution is 2.31. The predicted molar refractivity (Wildman–Crippen MR) is 64.3 cm³/mol. The van der Waals surface area contributed by atoms with E-state index < -0.39 is 8.80 Å². The molecule has 0 aromatic carbocycles. The molecule has 2 atom stereocenters. The van der Waals surface area contributed by atoms with Crippen molar-refractivity contribution in [2.45, 2.75) is 50.5 Å². The van der Waals surface area contributed by atoms with Crippen LogP contribution in [0, 0.1) is 0 Å². The Kier molecular flexibility index (Phi) is 4.61. The van der Waals surface area contributed by atoms with E-state index in [1.165, 1.54) is 31.7 Å². The fraction of sp³-hybridized carbons (Fsp3) is 1.00. The van der Waals surface area contributed by atoms with Crippen LogP contribution in [0.25, 0.3) is 0 Å². The molecular weight excluding hydrogens is 190 g/mol. The molecule has 1 fully saturated rings. The van der Waals surface area contributed by atoms with Crippen molar-refractivity contribution in [2.24, 2.45) is 0 Å². The van der Waals surface area contributed by atoms with Crippen LogP contribution in [0.2, 0.25) is 12.6 Å². The molecule has 1 aliphatic rings. The van der Waals surface area contributed by atoms with Crippen LogP contribution in [0.1, 0.15) is 32.6 Å². The molecule has 2 nitrogen and oxygen atoms in total. The lowest BCUT2D eigenvalue weighted by molar-refractivity contribution is -0.107. The first-order valence-electron chi connectivity index (χ1n) is 5.95. The average Bonchev–Trinajstić information content (AvgIpc) is 2.19. The summed E-state index contributed by atoms with van der Waals surface area (Å²) in [6.07, 6.45) is 5.17. The van der Waals surface area contributed by atoms with Gasteiger partial charge in [-0.15, -0.1) is 0 Å². The molecule has 0 saturated carbocycles. The van der Waals surface area contributed by atoms with E-state index in [1.807, 2.05) is 0 Å². The van der Waals surface area contributed by atoms with Crippen LogP contribution < -0.4 is 0 Å². The summed E-state index contributed by atoms with van der Waals surface area (Å²) in [5.41, 5.74) is 0. The van der Waals surface area contributed by atoms with Gasteiger partial charge in [-0.25, -0.2) is 0 Å². The first-order valence-corrected chi connectivity index (χ1v) is 8.49. The smallest absolute Gasteiger partial charge is 0.103 e. The van der Waals surface area contributed by atoms with Crippen molar-refractivity contribution in [2.75, 3.05) is 20.7 Å². The molecule has 1 aliphatic heterocycles. The lowest BCUT2D eigenvalue weighted by Crippen LogP contribution is -2.58. The zero-order valence-electron chi connectivity index (χ0n) is 10.2. The lowest BCUT2D eigenvalue weighted by Gasteiger charge is -2.46. The molecule has 1 heterocycles. The lowest BCUT2D eigenvalue weighted by atomic mass is 10.2. The van der Waals surface area contributed by atoms with Crippen molar-refractivity contribution in [1.82, 2.24) is 4.90 Å². The third-order valence-corrected chi connectivity index (χ3v) is 7.49. The fourth-order valence-corrected chi connectivity index (χ4v) is 5.94. The van der Waals surface area contributed by atoms with Gasteiger partial charge in [-0.05, 0) is 33.4 Å². The van der Waals surface area contributed by atoms with E-state index in [-0.39, 0.29) is 5.35 Å². The second kappa shape index (κ2) is 5.28. The molecule has 0 bridgehead atoms. The molecule has 1 saturated heterocycles. The second-order valence-corrected chi connectivity index (χ2v) is 8.02. The van der Waals surface area contributed by atoms with Crippen molar-refractivity contribution in [3.63, 3.8) is 0 Å². The van der Waals surface area contributed by atoms with Gasteiger partial charge in [0.2, 0.25) is 0 Å². The topological polar surface area (TPSA) is 12.5 Å². The van der Waals surface area contributed by atoms with Crippen LogP contribution in [0.3, 0.4) is 0 Å². The van der Waals surface area contributed by atoms with Crippen LogP contribution in [0.4, 0.5) is 0 Å². The summed E-state index contributed by atoms with van der Waals surface area (Å²) in [6, 6.07) is 1.40. The molecule has 1 rings (SSSR count). The first kappa shape index (κ1) is 12.2. The third-order valence-electron chi connectivity index (χ3n) is 3.53. The maximum Gasteiger partial charge on any atom is 0.103 e. The number of nitrogens with zero attached hydrogens (tertiary/aromatic N) is 1. The molecule has 3 heteroatoms. The minimum absolute atomic E-state index is 0.161. The number of hydrogen-bond donors (Lipinski definition) is 0. The molecule has 2 unspecified atom stereocenters. The summed E-state index contributed by atoms with van der Waals surface area (Å²) < 4.78 is 6.13. The largest absolute Gasteiger partial charge is 0.364 e. The summed E-state index contributed by atoms with van der Waals surface area (Å²) in [5.74, 6) is 0. The molecule has 0 radical (unpaired) electrons. The Hall–Kier alpha value is 0.137. The summed E-state index contributed by atoms with van der Waals surface area (Å²) >= 11 is 0. The van der Waals surface area contributed by atoms with Crippen molar-refractivity contribution in [3.8, 4) is 0 Å². The van der Waals surface area contributed by atoms with Crippen LogP contribution >= 0.6 is 0 Å². The molecule has 84 valence electrons. The number of ether oxygens (including phenoxy) is 1. The third kappa shape index (κ3) is 2.38. The number of rotatable bonds is 4. The van der Waals surface area contributed by atoms with E-state index in [2.05, 4.69) is 32.5 Å². The normalized spacial score (nSPS) is 30.6. The van der Waals surface area contributed by atoms with Crippen LogP contribution in [-0.4, -0.2) is 39.7 Å². The monoisotopic (exact) mass is 215 g/mol. The Morgan fingerprint density at radius 2 is 2.07 bits per heavy atom. The highest BCUT2D eigenvalue weighted by molar-refractivity contribution is 6.60. The van der Waals surface area contributed by atoms with E-state index in [0.717, 1.165) is 6.61 Å². The van der Waals surface area contributed by atoms with Crippen molar-refractivity contribution in [1.29, 1.82) is 0 Å². The Morgan fingerprint density at radius 3 is 2.50 bits per heavy atom. The summed E-state index contributed by atoms with van der Waals surface area (Å²) in [7, 11) is 3.60. The van der Waals surface area contributed by atoms with Gasteiger partial charge in [0.15, 0.2) is 0 Å². The molecule has 0 aromatic rings. The van der Waals surface area contributed by atoms with E-state index in [1.54, 1.807) is 0 Å². The highest BCUT2D eigenvalue weighted by atomic mass is 28.3. The summed E-state index contributed by atoms with van der Waals surface area (Å²) in [6.45, 7) is 5.73. The minimum atomic E-state index is -0.773. The Bertz CT molecular complexity index is 167. The maximum atomic E-state index is 6.13. The molecule has 14 heavy (non-hydrogen) atoms. The Morgan fingerprint density at radius 1 is 1.36 bits per heavy atom. The highest BCUT2D eigenvalue weighted by Gasteiger charge is 2.40. The summed E-state index contributed by atoms with van der Waals surface area (Å²) in [4.78, 5) is 2.35. The molecule has 0 aromatic heterocycles. The number of hydrogen-bond acceptors (Lipinski definition) is 2. The molecular formula is C11H25NOSi. The van der Waals surface area contributed by atoms with Gasteiger partial charge in [0.25, 0.3) is 0 Å². The second-order valence-electron chi connectivity index (χ2n) is 4.73. The minimum Gasteiger partial charge on any atom is -0.364 e. The van der Waals surface area contributed by atoms with Gasteiger partial charge in [-0.2, -0.15) is 0 Å². The van der Waals surface area contributed by atoms with Gasteiger partial charge >= 0.3 is 0 Å².